The Morgan fingerprint density at radius 1 is 0.750 bits per heavy atom. The first-order valence-electron chi connectivity index (χ1n) is 6.18. The largest absolute Gasteiger partial charge is 0.287 e. The number of hydrogen-bond acceptors (Lipinski definition) is 4. The molecule has 20 heavy (non-hydrogen) atoms. The lowest BCUT2D eigenvalue weighted by Crippen LogP contribution is -2.04. The minimum absolute atomic E-state index is 0.134. The molecule has 3 rings (SSSR count). The predicted octanol–water partition coefficient (Wildman–Crippen LogP) is 2.77. The van der Waals surface area contributed by atoms with Crippen LogP contribution >= 0.6 is 0 Å². The van der Waals surface area contributed by atoms with Crippen molar-refractivity contribution in [2.75, 3.05) is 0 Å². The highest BCUT2D eigenvalue weighted by molar-refractivity contribution is 6.07. The molecule has 3 heterocycles. The summed E-state index contributed by atoms with van der Waals surface area (Å²) in [6.45, 7) is 0. The van der Waals surface area contributed by atoms with Gasteiger partial charge in [0.2, 0.25) is 5.78 Å². The van der Waals surface area contributed by atoms with Crippen molar-refractivity contribution < 1.29 is 4.79 Å². The topological polar surface area (TPSA) is 55.7 Å². The molecule has 0 aromatic carbocycles. The zero-order valence-electron chi connectivity index (χ0n) is 10.6. The summed E-state index contributed by atoms with van der Waals surface area (Å²) in [5.74, 6) is -0.134. The van der Waals surface area contributed by atoms with Gasteiger partial charge in [-0.05, 0) is 36.4 Å². The van der Waals surface area contributed by atoms with Crippen LogP contribution in [-0.4, -0.2) is 20.7 Å². The smallest absolute Gasteiger partial charge is 0.212 e. The maximum absolute atomic E-state index is 12.2. The fraction of sp³-hybridized carbons (Fsp3) is 0. The molecule has 3 aromatic rings. The Kier molecular flexibility index (Phi) is 3.29. The standard InChI is InChI=1S/C16H11N3O/c20-16(15-6-2-4-10-18-15)12-7-8-14(19-11-12)13-5-1-3-9-17-13/h1-11H. The highest BCUT2D eigenvalue weighted by Crippen LogP contribution is 2.14. The predicted molar refractivity (Wildman–Crippen MR) is 75.1 cm³/mol. The van der Waals surface area contributed by atoms with Crippen molar-refractivity contribution in [3.8, 4) is 11.4 Å². The summed E-state index contributed by atoms with van der Waals surface area (Å²) in [4.78, 5) is 24.7. The molecule has 4 nitrogen and oxygen atoms in total. The van der Waals surface area contributed by atoms with E-state index < -0.39 is 0 Å². The van der Waals surface area contributed by atoms with E-state index >= 15 is 0 Å². The van der Waals surface area contributed by atoms with Gasteiger partial charge in [-0.15, -0.1) is 0 Å². The lowest BCUT2D eigenvalue weighted by atomic mass is 10.1. The fourth-order valence-corrected chi connectivity index (χ4v) is 1.84. The summed E-state index contributed by atoms with van der Waals surface area (Å²) in [6, 6.07) is 14.4. The van der Waals surface area contributed by atoms with E-state index in [-0.39, 0.29) is 5.78 Å². The fourth-order valence-electron chi connectivity index (χ4n) is 1.84. The Morgan fingerprint density at radius 3 is 2.10 bits per heavy atom. The zero-order valence-corrected chi connectivity index (χ0v) is 10.6. The van der Waals surface area contributed by atoms with Crippen molar-refractivity contribution in [2.24, 2.45) is 0 Å². The molecular formula is C16H11N3O. The first kappa shape index (κ1) is 12.2. The average molecular weight is 261 g/mol. The van der Waals surface area contributed by atoms with Crippen molar-refractivity contribution in [1.29, 1.82) is 0 Å². The van der Waals surface area contributed by atoms with Gasteiger partial charge in [0.25, 0.3) is 0 Å². The molecule has 0 radical (unpaired) electrons. The normalized spacial score (nSPS) is 10.2. The molecule has 0 atom stereocenters. The second kappa shape index (κ2) is 5.40. The van der Waals surface area contributed by atoms with E-state index in [1.165, 1.54) is 0 Å². The van der Waals surface area contributed by atoms with E-state index in [9.17, 15) is 4.79 Å². The monoisotopic (exact) mass is 261 g/mol. The van der Waals surface area contributed by atoms with Gasteiger partial charge in [0.1, 0.15) is 5.69 Å². The van der Waals surface area contributed by atoms with Gasteiger partial charge in [-0.2, -0.15) is 0 Å². The van der Waals surface area contributed by atoms with Crippen LogP contribution in [0.15, 0.2) is 67.1 Å². The molecule has 0 unspecified atom stereocenters. The third kappa shape index (κ3) is 2.44. The summed E-state index contributed by atoms with van der Waals surface area (Å²) < 4.78 is 0. The van der Waals surface area contributed by atoms with Gasteiger partial charge in [-0.3, -0.25) is 19.7 Å². The molecule has 4 heteroatoms. The van der Waals surface area contributed by atoms with Crippen molar-refractivity contribution >= 4 is 5.78 Å². The van der Waals surface area contributed by atoms with E-state index in [0.717, 1.165) is 11.4 Å². The van der Waals surface area contributed by atoms with Crippen LogP contribution in [0, 0.1) is 0 Å². The Morgan fingerprint density at radius 2 is 1.50 bits per heavy atom. The highest BCUT2D eigenvalue weighted by atomic mass is 16.1. The van der Waals surface area contributed by atoms with Gasteiger partial charge in [0.05, 0.1) is 11.4 Å². The molecule has 0 N–H and O–H groups in total. The van der Waals surface area contributed by atoms with Gasteiger partial charge in [0, 0.05) is 24.2 Å². The molecule has 0 spiro atoms. The summed E-state index contributed by atoms with van der Waals surface area (Å²) in [5.41, 5.74) is 2.45. The third-order valence-electron chi connectivity index (χ3n) is 2.85. The Labute approximate surface area is 116 Å². The number of ketones is 1. The molecule has 0 aliphatic heterocycles. The SMILES string of the molecule is O=C(c1ccc(-c2ccccn2)nc1)c1ccccn1. The first-order valence-corrected chi connectivity index (χ1v) is 6.18. The highest BCUT2D eigenvalue weighted by Gasteiger charge is 2.10. The van der Waals surface area contributed by atoms with E-state index in [4.69, 9.17) is 0 Å². The Balaban J connectivity index is 1.89. The summed E-state index contributed by atoms with van der Waals surface area (Å²) >= 11 is 0. The number of pyridine rings is 3. The van der Waals surface area contributed by atoms with Crippen LogP contribution in [0.1, 0.15) is 16.1 Å². The van der Waals surface area contributed by atoms with Crippen LogP contribution in [0.4, 0.5) is 0 Å². The molecule has 0 saturated carbocycles. The molecule has 0 saturated heterocycles. The number of rotatable bonds is 3. The van der Waals surface area contributed by atoms with E-state index in [1.54, 1.807) is 48.9 Å². The van der Waals surface area contributed by atoms with Gasteiger partial charge >= 0.3 is 0 Å². The molecular weight excluding hydrogens is 250 g/mol. The Hall–Kier alpha value is -2.88. The lowest BCUT2D eigenvalue weighted by Gasteiger charge is -2.02. The van der Waals surface area contributed by atoms with Crippen LogP contribution in [0.25, 0.3) is 11.4 Å². The van der Waals surface area contributed by atoms with Crippen molar-refractivity contribution in [1.82, 2.24) is 15.0 Å². The minimum Gasteiger partial charge on any atom is -0.287 e. The third-order valence-corrected chi connectivity index (χ3v) is 2.85. The molecule has 0 bridgehead atoms. The number of carbonyl (C=O) groups excluding carboxylic acids is 1. The number of aromatic nitrogens is 3. The van der Waals surface area contributed by atoms with Gasteiger partial charge in [-0.1, -0.05) is 12.1 Å². The van der Waals surface area contributed by atoms with Gasteiger partial charge < -0.3 is 0 Å². The maximum Gasteiger partial charge on any atom is 0.212 e. The summed E-state index contributed by atoms with van der Waals surface area (Å²) in [6.07, 6.45) is 4.87. The molecule has 0 aliphatic carbocycles. The van der Waals surface area contributed by atoms with Crippen LogP contribution in [0.5, 0.6) is 0 Å². The first-order chi connectivity index (χ1) is 9.84. The van der Waals surface area contributed by atoms with E-state index in [1.807, 2.05) is 18.2 Å². The van der Waals surface area contributed by atoms with Crippen LogP contribution in [0.3, 0.4) is 0 Å². The van der Waals surface area contributed by atoms with Gasteiger partial charge in [0.15, 0.2) is 0 Å². The molecule has 96 valence electrons. The van der Waals surface area contributed by atoms with Crippen molar-refractivity contribution in [2.45, 2.75) is 0 Å². The van der Waals surface area contributed by atoms with Crippen LogP contribution in [0.2, 0.25) is 0 Å². The Bertz CT molecular complexity index is 710. The van der Waals surface area contributed by atoms with E-state index in [0.29, 0.717) is 11.3 Å². The second-order valence-electron chi connectivity index (χ2n) is 4.19. The quantitative estimate of drug-likeness (QED) is 0.680. The summed E-state index contributed by atoms with van der Waals surface area (Å²) in [7, 11) is 0. The van der Waals surface area contributed by atoms with Gasteiger partial charge in [-0.25, -0.2) is 0 Å². The van der Waals surface area contributed by atoms with Crippen molar-refractivity contribution in [3.05, 3.63) is 78.4 Å². The number of hydrogen-bond donors (Lipinski definition) is 0. The number of carbonyl (C=O) groups is 1. The molecule has 0 aliphatic rings. The molecule has 0 fully saturated rings. The molecule has 0 amide bonds. The van der Waals surface area contributed by atoms with Crippen LogP contribution in [-0.2, 0) is 0 Å². The minimum atomic E-state index is -0.134. The lowest BCUT2D eigenvalue weighted by molar-refractivity contribution is 0.103. The molecule has 3 aromatic heterocycles. The number of nitrogens with zero attached hydrogens (tertiary/aromatic N) is 3. The second-order valence-corrected chi connectivity index (χ2v) is 4.19. The van der Waals surface area contributed by atoms with Crippen molar-refractivity contribution in [3.63, 3.8) is 0 Å². The van der Waals surface area contributed by atoms with E-state index in [2.05, 4.69) is 15.0 Å². The zero-order chi connectivity index (χ0) is 13.8. The maximum atomic E-state index is 12.2. The van der Waals surface area contributed by atoms with Crippen LogP contribution < -0.4 is 0 Å². The summed E-state index contributed by atoms with van der Waals surface area (Å²) in [5, 5.41) is 0. The average Bonchev–Trinajstić information content (AvgIpc) is 2.56.